The lowest BCUT2D eigenvalue weighted by Crippen LogP contribution is -2.45. The summed E-state index contributed by atoms with van der Waals surface area (Å²) >= 11 is 0. The van der Waals surface area contributed by atoms with Crippen molar-refractivity contribution in [2.45, 2.75) is 97.8 Å². The Hall–Kier alpha value is -3.31. The minimum Gasteiger partial charge on any atom is -0.466 e. The molecule has 1 heterocycles. The number of hydrogen-bond donors (Lipinski definition) is 3. The zero-order valence-electron chi connectivity index (χ0n) is 28.5. The number of hydrogen-bond acceptors (Lipinski definition) is 6. The van der Waals surface area contributed by atoms with E-state index in [2.05, 4.69) is 36.6 Å². The normalized spacial score (nSPS) is 15.2. The van der Waals surface area contributed by atoms with E-state index in [0.717, 1.165) is 11.1 Å². The van der Waals surface area contributed by atoms with E-state index in [4.69, 9.17) is 4.74 Å². The van der Waals surface area contributed by atoms with Gasteiger partial charge >= 0.3 is 16.1 Å². The fourth-order valence-electron chi connectivity index (χ4n) is 6.31. The van der Waals surface area contributed by atoms with E-state index in [9.17, 15) is 27.4 Å². The molecule has 0 aliphatic carbocycles. The van der Waals surface area contributed by atoms with Crippen molar-refractivity contribution in [1.29, 1.82) is 0 Å². The summed E-state index contributed by atoms with van der Waals surface area (Å²) in [6.07, 6.45) is 5.43. The van der Waals surface area contributed by atoms with E-state index in [0.29, 0.717) is 32.4 Å². The van der Waals surface area contributed by atoms with Crippen LogP contribution in [0.4, 0.5) is 0 Å². The first-order chi connectivity index (χ1) is 21.6. The maximum absolute atomic E-state index is 13.7. The third kappa shape index (κ3) is 11.8. The fourth-order valence-corrected chi connectivity index (χ4v) is 6.86. The maximum Gasteiger partial charge on any atom is 0.326 e. The zero-order valence-corrected chi connectivity index (χ0v) is 29.4. The molecule has 0 radical (unpaired) electrons. The second-order valence-corrected chi connectivity index (χ2v) is 14.4. The Morgan fingerprint density at radius 2 is 1.46 bits per heavy atom. The quantitative estimate of drug-likeness (QED) is 0.110. The maximum atomic E-state index is 13.7. The topological polar surface area (TPSA) is 143 Å². The number of amides is 2. The molecule has 2 aromatic rings. The van der Waals surface area contributed by atoms with Crippen molar-refractivity contribution >= 4 is 27.9 Å². The molecular formula is C35H54N3O7S+. The Kier molecular flexibility index (Phi) is 14.8. The summed E-state index contributed by atoms with van der Waals surface area (Å²) in [6.45, 7) is 14.6. The number of ether oxygens (including phenoxy) is 1. The highest BCUT2D eigenvalue weighted by Crippen LogP contribution is 2.42. The number of pyridine rings is 1. The summed E-state index contributed by atoms with van der Waals surface area (Å²) < 4.78 is 38.7. The molecule has 10 nitrogen and oxygen atoms in total. The summed E-state index contributed by atoms with van der Waals surface area (Å²) in [6, 6.07) is 13.7. The average Bonchev–Trinajstić information content (AvgIpc) is 2.99. The van der Waals surface area contributed by atoms with Gasteiger partial charge in [0, 0.05) is 36.6 Å². The molecule has 0 saturated carbocycles. The fraction of sp³-hybridized carbons (Fsp3) is 0.600. The summed E-state index contributed by atoms with van der Waals surface area (Å²) in [5, 5.41) is 5.94. The third-order valence-corrected chi connectivity index (χ3v) is 9.32. The minimum atomic E-state index is -4.18. The van der Waals surface area contributed by atoms with Gasteiger partial charge in [-0.25, -0.2) is 0 Å². The molecule has 0 aliphatic rings. The zero-order chi connectivity index (χ0) is 34.5. The molecule has 2 rings (SSSR count). The summed E-state index contributed by atoms with van der Waals surface area (Å²) in [7, 11) is -4.18. The lowest BCUT2D eigenvalue weighted by molar-refractivity contribution is -0.678. The third-order valence-electron chi connectivity index (χ3n) is 8.70. The van der Waals surface area contributed by atoms with E-state index >= 15 is 0 Å². The van der Waals surface area contributed by atoms with E-state index in [1.807, 2.05) is 58.0 Å². The molecule has 1 aromatic carbocycles. The molecule has 1 aromatic heterocycles. The minimum absolute atomic E-state index is 0.0699. The summed E-state index contributed by atoms with van der Waals surface area (Å²) in [5.74, 6) is -2.26. The standard InChI is InChI=1S/C35H53N3O7S/c1-8-26(32(40)45-11-4)23-35(7,33(41)37-10-3)24-29(31(39)36-9-2)21-28(27-15-13-12-14-16-27)22-34(5,6)30-17-19-38(20-18-30)25-46(42,43)44/h12-20,26,28-29H,8-11,21-25H2,1-7H3,(H2-,36,37,39,41,42,43,44)/p+1. The first kappa shape index (κ1) is 38.9. The van der Waals surface area contributed by atoms with Crippen LogP contribution in [0.1, 0.15) is 97.6 Å². The van der Waals surface area contributed by atoms with Crippen LogP contribution in [0.5, 0.6) is 0 Å². The highest BCUT2D eigenvalue weighted by Gasteiger charge is 2.42. The molecule has 3 N–H and O–H groups in total. The number of carbonyl (C=O) groups is 3. The molecule has 0 spiro atoms. The lowest BCUT2D eigenvalue weighted by atomic mass is 9.68. The van der Waals surface area contributed by atoms with Gasteiger partial charge in [-0.05, 0) is 75.3 Å². The van der Waals surface area contributed by atoms with Crippen molar-refractivity contribution in [3.63, 3.8) is 0 Å². The van der Waals surface area contributed by atoms with Crippen molar-refractivity contribution in [2.75, 3.05) is 19.7 Å². The summed E-state index contributed by atoms with van der Waals surface area (Å²) in [4.78, 5) is 40.2. The highest BCUT2D eigenvalue weighted by molar-refractivity contribution is 7.84. The predicted octanol–water partition coefficient (Wildman–Crippen LogP) is 4.93. The van der Waals surface area contributed by atoms with Crippen molar-refractivity contribution in [1.82, 2.24) is 10.6 Å². The van der Waals surface area contributed by atoms with Crippen LogP contribution in [-0.2, 0) is 40.5 Å². The van der Waals surface area contributed by atoms with Crippen molar-refractivity contribution in [2.24, 2.45) is 17.3 Å². The second-order valence-electron chi connectivity index (χ2n) is 13.0. The molecule has 256 valence electrons. The summed E-state index contributed by atoms with van der Waals surface area (Å²) in [5.41, 5.74) is 0.654. The van der Waals surface area contributed by atoms with E-state index in [-0.39, 0.29) is 48.6 Å². The number of benzene rings is 1. The highest BCUT2D eigenvalue weighted by atomic mass is 32.2. The number of nitrogens with zero attached hydrogens (tertiary/aromatic N) is 1. The van der Waals surface area contributed by atoms with Gasteiger partial charge in [0.2, 0.25) is 11.8 Å². The molecule has 0 fully saturated rings. The van der Waals surface area contributed by atoms with Gasteiger partial charge in [-0.2, -0.15) is 13.0 Å². The molecule has 0 bridgehead atoms. The van der Waals surface area contributed by atoms with Crippen LogP contribution in [0.2, 0.25) is 0 Å². The van der Waals surface area contributed by atoms with Crippen molar-refractivity contribution in [3.05, 3.63) is 66.0 Å². The number of esters is 1. The monoisotopic (exact) mass is 660 g/mol. The van der Waals surface area contributed by atoms with E-state index in [1.165, 1.54) is 4.57 Å². The van der Waals surface area contributed by atoms with Crippen LogP contribution >= 0.6 is 0 Å². The SMILES string of the molecule is CCNC(=O)C(CC(CC(C)(C)c1cc[n+](CS(=O)(=O)O)cc1)c1ccccc1)CC(C)(CC(CC)C(=O)OCC)C(=O)NCC. The Bertz CT molecular complexity index is 1380. The Morgan fingerprint density at radius 3 is 1.98 bits per heavy atom. The molecule has 0 aliphatic heterocycles. The van der Waals surface area contributed by atoms with Gasteiger partial charge in [0.25, 0.3) is 5.88 Å². The van der Waals surface area contributed by atoms with Crippen molar-refractivity contribution in [3.8, 4) is 0 Å². The van der Waals surface area contributed by atoms with Crippen LogP contribution in [0.25, 0.3) is 0 Å². The molecule has 11 heteroatoms. The molecule has 2 amide bonds. The Labute approximate surface area is 275 Å². The molecule has 0 saturated heterocycles. The lowest BCUT2D eigenvalue weighted by Gasteiger charge is -2.36. The van der Waals surface area contributed by atoms with E-state index in [1.54, 1.807) is 19.3 Å². The van der Waals surface area contributed by atoms with E-state index < -0.39 is 33.2 Å². The Morgan fingerprint density at radius 1 is 0.870 bits per heavy atom. The number of aromatic nitrogens is 1. The van der Waals surface area contributed by atoms with Crippen LogP contribution in [0.3, 0.4) is 0 Å². The van der Waals surface area contributed by atoms with Gasteiger partial charge in [-0.15, -0.1) is 0 Å². The number of nitrogens with one attached hydrogen (secondary N) is 2. The van der Waals surface area contributed by atoms with Gasteiger partial charge in [0.1, 0.15) is 0 Å². The molecule has 4 atom stereocenters. The Balaban J connectivity index is 2.51. The molecular weight excluding hydrogens is 606 g/mol. The van der Waals surface area contributed by atoms with Gasteiger partial charge in [0.05, 0.1) is 12.5 Å². The van der Waals surface area contributed by atoms with Crippen molar-refractivity contribution < 1.29 is 36.7 Å². The van der Waals surface area contributed by atoms with Gasteiger partial charge in [-0.1, -0.05) is 58.0 Å². The van der Waals surface area contributed by atoms with Gasteiger partial charge in [-0.3, -0.25) is 18.9 Å². The average molecular weight is 661 g/mol. The first-order valence-corrected chi connectivity index (χ1v) is 17.9. The largest absolute Gasteiger partial charge is 0.466 e. The molecule has 4 unspecified atom stereocenters. The smallest absolute Gasteiger partial charge is 0.326 e. The van der Waals surface area contributed by atoms with Crippen LogP contribution in [0, 0.1) is 17.3 Å². The van der Waals surface area contributed by atoms with Gasteiger partial charge in [0.15, 0.2) is 12.4 Å². The van der Waals surface area contributed by atoms with Gasteiger partial charge < -0.3 is 15.4 Å². The number of rotatable bonds is 19. The number of carbonyl (C=O) groups excluding carboxylic acids is 3. The van der Waals surface area contributed by atoms with Crippen LogP contribution in [-0.4, -0.2) is 50.5 Å². The predicted molar refractivity (Wildman–Crippen MR) is 178 cm³/mol. The first-order valence-electron chi connectivity index (χ1n) is 16.3. The van der Waals surface area contributed by atoms with Crippen LogP contribution < -0.4 is 15.2 Å². The van der Waals surface area contributed by atoms with Crippen LogP contribution in [0.15, 0.2) is 54.9 Å². The molecule has 46 heavy (non-hydrogen) atoms. The second kappa shape index (κ2) is 17.6.